The number of hydrogen-bond donors (Lipinski definition) is 1. The molecule has 1 heterocycles. The lowest BCUT2D eigenvalue weighted by Crippen LogP contribution is -2.28. The lowest BCUT2D eigenvalue weighted by molar-refractivity contribution is 0.0953. The van der Waals surface area contributed by atoms with Crippen molar-refractivity contribution in [1.82, 2.24) is 10.3 Å². The second-order valence-corrected chi connectivity index (χ2v) is 5.79. The number of anilines is 1. The number of aromatic nitrogens is 1. The standard InChI is InChI=1S/C16H17BrFN3O/c1-21(15-6-3-2-5-14(15)18)8-4-7-20-16(22)12-9-13(17)11-19-10-12/h2-3,5-6,9-11H,4,7-8H2,1H3,(H,20,22). The van der Waals surface area contributed by atoms with Crippen LogP contribution in [0.3, 0.4) is 0 Å². The van der Waals surface area contributed by atoms with Crippen molar-refractivity contribution >= 4 is 27.5 Å². The molecule has 0 aliphatic heterocycles. The molecule has 4 nitrogen and oxygen atoms in total. The van der Waals surface area contributed by atoms with Gasteiger partial charge < -0.3 is 10.2 Å². The highest BCUT2D eigenvalue weighted by molar-refractivity contribution is 9.10. The van der Waals surface area contributed by atoms with Gasteiger partial charge >= 0.3 is 0 Å². The molecule has 0 bridgehead atoms. The number of pyridine rings is 1. The molecule has 6 heteroatoms. The summed E-state index contributed by atoms with van der Waals surface area (Å²) in [7, 11) is 1.83. The van der Waals surface area contributed by atoms with Gasteiger partial charge in [0.2, 0.25) is 0 Å². The summed E-state index contributed by atoms with van der Waals surface area (Å²) < 4.78 is 14.4. The Morgan fingerprint density at radius 2 is 2.14 bits per heavy atom. The summed E-state index contributed by atoms with van der Waals surface area (Å²) in [5.41, 5.74) is 1.07. The van der Waals surface area contributed by atoms with Gasteiger partial charge in [-0.1, -0.05) is 12.1 Å². The van der Waals surface area contributed by atoms with Gasteiger partial charge in [0.15, 0.2) is 0 Å². The fourth-order valence-corrected chi connectivity index (χ4v) is 2.40. The Morgan fingerprint density at radius 3 is 2.86 bits per heavy atom. The zero-order valence-corrected chi connectivity index (χ0v) is 13.8. The molecule has 0 saturated heterocycles. The van der Waals surface area contributed by atoms with E-state index in [4.69, 9.17) is 0 Å². The summed E-state index contributed by atoms with van der Waals surface area (Å²) >= 11 is 3.28. The maximum absolute atomic E-state index is 13.6. The van der Waals surface area contributed by atoms with E-state index in [-0.39, 0.29) is 11.7 Å². The van der Waals surface area contributed by atoms with Crippen LogP contribution in [0.5, 0.6) is 0 Å². The van der Waals surface area contributed by atoms with Crippen LogP contribution in [0.4, 0.5) is 10.1 Å². The molecular formula is C16H17BrFN3O. The number of nitrogens with zero attached hydrogens (tertiary/aromatic N) is 2. The predicted octanol–water partition coefficient (Wildman–Crippen LogP) is 3.24. The van der Waals surface area contributed by atoms with Crippen LogP contribution in [0.25, 0.3) is 0 Å². The van der Waals surface area contributed by atoms with E-state index in [1.165, 1.54) is 12.3 Å². The molecule has 0 fully saturated rings. The van der Waals surface area contributed by atoms with Gasteiger partial charge in [0, 0.05) is 37.0 Å². The molecule has 0 aliphatic rings. The Bertz CT molecular complexity index is 651. The van der Waals surface area contributed by atoms with Crippen LogP contribution in [0, 0.1) is 5.82 Å². The van der Waals surface area contributed by atoms with Crippen LogP contribution in [0.15, 0.2) is 47.2 Å². The Morgan fingerprint density at radius 1 is 1.36 bits per heavy atom. The van der Waals surface area contributed by atoms with Crippen LogP contribution < -0.4 is 10.2 Å². The first kappa shape index (κ1) is 16.4. The smallest absolute Gasteiger partial charge is 0.252 e. The van der Waals surface area contributed by atoms with Crippen molar-refractivity contribution in [3.8, 4) is 0 Å². The maximum Gasteiger partial charge on any atom is 0.252 e. The average Bonchev–Trinajstić information content (AvgIpc) is 2.51. The van der Waals surface area contributed by atoms with E-state index in [2.05, 4.69) is 26.2 Å². The van der Waals surface area contributed by atoms with Crippen LogP contribution in [0.2, 0.25) is 0 Å². The van der Waals surface area contributed by atoms with Crippen molar-refractivity contribution in [2.75, 3.05) is 25.0 Å². The number of carbonyl (C=O) groups excluding carboxylic acids is 1. The van der Waals surface area contributed by atoms with E-state index < -0.39 is 0 Å². The molecule has 2 aromatic rings. The second kappa shape index (κ2) is 7.89. The fourth-order valence-electron chi connectivity index (χ4n) is 2.04. The molecule has 0 atom stereocenters. The lowest BCUT2D eigenvalue weighted by atomic mass is 10.2. The van der Waals surface area contributed by atoms with Gasteiger partial charge in [0.05, 0.1) is 11.3 Å². The van der Waals surface area contributed by atoms with E-state index in [0.717, 1.165) is 10.9 Å². The zero-order valence-electron chi connectivity index (χ0n) is 12.2. The highest BCUT2D eigenvalue weighted by Crippen LogP contribution is 2.16. The quantitative estimate of drug-likeness (QED) is 0.799. The van der Waals surface area contributed by atoms with Crippen molar-refractivity contribution in [1.29, 1.82) is 0 Å². The molecule has 0 unspecified atom stereocenters. The molecule has 0 aliphatic carbocycles. The Labute approximate surface area is 137 Å². The number of halogens is 2. The normalized spacial score (nSPS) is 10.3. The van der Waals surface area contributed by atoms with Crippen LogP contribution in [-0.4, -0.2) is 31.0 Å². The minimum atomic E-state index is -0.241. The van der Waals surface area contributed by atoms with E-state index in [1.807, 2.05) is 11.9 Å². The summed E-state index contributed by atoms with van der Waals surface area (Å²) in [5, 5.41) is 2.83. The largest absolute Gasteiger partial charge is 0.372 e. The third-order valence-corrected chi connectivity index (χ3v) is 3.62. The van der Waals surface area contributed by atoms with Gasteiger partial charge in [0.1, 0.15) is 5.82 Å². The highest BCUT2D eigenvalue weighted by Gasteiger charge is 2.08. The molecule has 1 N–H and O–H groups in total. The molecule has 116 valence electrons. The van der Waals surface area contributed by atoms with Crippen LogP contribution in [0.1, 0.15) is 16.8 Å². The van der Waals surface area contributed by atoms with E-state index in [9.17, 15) is 9.18 Å². The molecule has 0 radical (unpaired) electrons. The van der Waals surface area contributed by atoms with E-state index >= 15 is 0 Å². The molecule has 22 heavy (non-hydrogen) atoms. The number of rotatable bonds is 6. The van der Waals surface area contributed by atoms with Crippen molar-refractivity contribution in [3.05, 3.63) is 58.6 Å². The number of carbonyl (C=O) groups is 1. The topological polar surface area (TPSA) is 45.2 Å². The van der Waals surface area contributed by atoms with Gasteiger partial charge in [-0.25, -0.2) is 4.39 Å². The van der Waals surface area contributed by atoms with E-state index in [0.29, 0.717) is 24.3 Å². The third-order valence-electron chi connectivity index (χ3n) is 3.19. The van der Waals surface area contributed by atoms with Gasteiger partial charge in [0.25, 0.3) is 5.91 Å². The first-order valence-electron chi connectivity index (χ1n) is 6.92. The van der Waals surface area contributed by atoms with Gasteiger partial charge in [-0.05, 0) is 40.5 Å². The first-order valence-corrected chi connectivity index (χ1v) is 7.71. The van der Waals surface area contributed by atoms with Crippen LogP contribution >= 0.6 is 15.9 Å². The minimum Gasteiger partial charge on any atom is -0.372 e. The molecule has 1 aromatic carbocycles. The Balaban J connectivity index is 1.77. The van der Waals surface area contributed by atoms with Gasteiger partial charge in [-0.2, -0.15) is 0 Å². The Kier molecular flexibility index (Phi) is 5.89. The van der Waals surface area contributed by atoms with Crippen molar-refractivity contribution < 1.29 is 9.18 Å². The first-order chi connectivity index (χ1) is 10.6. The summed E-state index contributed by atoms with van der Waals surface area (Å²) in [4.78, 5) is 17.7. The van der Waals surface area contributed by atoms with Gasteiger partial charge in [-0.3, -0.25) is 9.78 Å². The van der Waals surface area contributed by atoms with Crippen molar-refractivity contribution in [3.63, 3.8) is 0 Å². The number of nitrogens with one attached hydrogen (secondary N) is 1. The summed E-state index contributed by atoms with van der Waals surface area (Å²) in [6.45, 7) is 1.17. The van der Waals surface area contributed by atoms with Crippen molar-refractivity contribution in [2.24, 2.45) is 0 Å². The lowest BCUT2D eigenvalue weighted by Gasteiger charge is -2.19. The van der Waals surface area contributed by atoms with E-state index in [1.54, 1.807) is 30.5 Å². The third kappa shape index (κ3) is 4.53. The maximum atomic E-state index is 13.6. The monoisotopic (exact) mass is 365 g/mol. The highest BCUT2D eigenvalue weighted by atomic mass is 79.9. The SMILES string of the molecule is CN(CCCNC(=O)c1cncc(Br)c1)c1ccccc1F. The zero-order chi connectivity index (χ0) is 15.9. The second-order valence-electron chi connectivity index (χ2n) is 4.87. The number of amides is 1. The van der Waals surface area contributed by atoms with Crippen molar-refractivity contribution in [2.45, 2.75) is 6.42 Å². The molecule has 1 aromatic heterocycles. The number of para-hydroxylation sites is 1. The summed E-state index contributed by atoms with van der Waals surface area (Å²) in [6, 6.07) is 8.36. The number of benzene rings is 1. The number of hydrogen-bond acceptors (Lipinski definition) is 3. The van der Waals surface area contributed by atoms with Gasteiger partial charge in [-0.15, -0.1) is 0 Å². The molecule has 2 rings (SSSR count). The molecule has 0 spiro atoms. The van der Waals surface area contributed by atoms with Crippen LogP contribution in [-0.2, 0) is 0 Å². The predicted molar refractivity (Wildman–Crippen MR) is 88.6 cm³/mol. The summed E-state index contributed by atoms with van der Waals surface area (Å²) in [6.07, 6.45) is 3.86. The Hall–Kier alpha value is -1.95. The average molecular weight is 366 g/mol. The molecule has 1 amide bonds. The minimum absolute atomic E-state index is 0.164. The molecule has 0 saturated carbocycles. The summed E-state index contributed by atoms with van der Waals surface area (Å²) in [5.74, 6) is -0.406. The fraction of sp³-hybridized carbons (Fsp3) is 0.250. The molecular weight excluding hydrogens is 349 g/mol.